The van der Waals surface area contributed by atoms with Crippen molar-refractivity contribution in [1.29, 1.82) is 0 Å². The van der Waals surface area contributed by atoms with E-state index in [1.807, 2.05) is 11.7 Å². The third-order valence-corrected chi connectivity index (χ3v) is 4.60. The van der Waals surface area contributed by atoms with Crippen LogP contribution in [0.25, 0.3) is 0 Å². The molecule has 0 bridgehead atoms. The van der Waals surface area contributed by atoms with Crippen LogP contribution < -0.4 is 5.73 Å². The summed E-state index contributed by atoms with van der Waals surface area (Å²) in [5, 5.41) is 5.72. The Bertz CT molecular complexity index is 587. The normalized spacial score (nSPS) is 11.0. The van der Waals surface area contributed by atoms with E-state index >= 15 is 0 Å². The standard InChI is InChI=1S/C15H21N3S/c1-10-5-6-14(11(2)9-10)19-15-13(7-8-16)12(3)17-18(15)4/h5-6,9H,7-8,16H2,1-4H3. The average Bonchev–Trinajstić information content (AvgIpc) is 2.60. The topological polar surface area (TPSA) is 43.8 Å². The van der Waals surface area contributed by atoms with Crippen molar-refractivity contribution in [2.75, 3.05) is 6.54 Å². The van der Waals surface area contributed by atoms with Crippen molar-refractivity contribution in [3.05, 3.63) is 40.6 Å². The fourth-order valence-electron chi connectivity index (χ4n) is 2.26. The summed E-state index contributed by atoms with van der Waals surface area (Å²) in [5.74, 6) is 0. The van der Waals surface area contributed by atoms with E-state index in [1.165, 1.54) is 26.6 Å². The lowest BCUT2D eigenvalue weighted by Gasteiger charge is -2.09. The van der Waals surface area contributed by atoms with Gasteiger partial charge in [-0.2, -0.15) is 5.10 Å². The Balaban J connectivity index is 2.37. The minimum absolute atomic E-state index is 0.660. The minimum atomic E-state index is 0.660. The number of hydrogen-bond donors (Lipinski definition) is 1. The first-order chi connectivity index (χ1) is 9.02. The molecular weight excluding hydrogens is 254 g/mol. The van der Waals surface area contributed by atoms with E-state index in [0.717, 1.165) is 12.1 Å². The maximum atomic E-state index is 5.70. The number of aromatic nitrogens is 2. The second-order valence-corrected chi connectivity index (χ2v) is 5.93. The Kier molecular flexibility index (Phi) is 4.32. The Morgan fingerprint density at radius 3 is 2.63 bits per heavy atom. The SMILES string of the molecule is Cc1ccc(Sc2c(CCN)c(C)nn2C)c(C)c1. The molecule has 1 aromatic heterocycles. The number of rotatable bonds is 4. The molecule has 0 atom stereocenters. The maximum absolute atomic E-state index is 5.70. The molecule has 0 unspecified atom stereocenters. The van der Waals surface area contributed by atoms with Crippen molar-refractivity contribution in [1.82, 2.24) is 9.78 Å². The van der Waals surface area contributed by atoms with Crippen LogP contribution in [0.1, 0.15) is 22.4 Å². The Morgan fingerprint density at radius 2 is 2.00 bits per heavy atom. The first kappa shape index (κ1) is 14.2. The summed E-state index contributed by atoms with van der Waals surface area (Å²) in [6.07, 6.45) is 0.882. The second kappa shape index (κ2) is 5.80. The molecule has 2 rings (SSSR count). The number of nitrogens with zero attached hydrogens (tertiary/aromatic N) is 2. The van der Waals surface area contributed by atoms with Crippen LogP contribution >= 0.6 is 11.8 Å². The molecule has 0 aliphatic heterocycles. The largest absolute Gasteiger partial charge is 0.330 e. The fourth-order valence-corrected chi connectivity index (χ4v) is 3.37. The van der Waals surface area contributed by atoms with Gasteiger partial charge in [0.2, 0.25) is 0 Å². The van der Waals surface area contributed by atoms with E-state index in [4.69, 9.17) is 5.73 Å². The van der Waals surface area contributed by atoms with Crippen LogP contribution in [0.2, 0.25) is 0 Å². The number of hydrogen-bond acceptors (Lipinski definition) is 3. The summed E-state index contributed by atoms with van der Waals surface area (Å²) in [5.41, 5.74) is 10.7. The van der Waals surface area contributed by atoms with Crippen molar-refractivity contribution in [2.45, 2.75) is 37.1 Å². The summed E-state index contributed by atoms with van der Waals surface area (Å²) >= 11 is 1.78. The molecule has 0 aliphatic rings. The molecular formula is C15H21N3S. The molecule has 2 aromatic rings. The van der Waals surface area contributed by atoms with Gasteiger partial charge in [-0.1, -0.05) is 29.5 Å². The highest BCUT2D eigenvalue weighted by atomic mass is 32.2. The third kappa shape index (κ3) is 3.01. The molecule has 2 N–H and O–H groups in total. The fraction of sp³-hybridized carbons (Fsp3) is 0.400. The van der Waals surface area contributed by atoms with Gasteiger partial charge in [-0.15, -0.1) is 0 Å². The summed E-state index contributed by atoms with van der Waals surface area (Å²) in [7, 11) is 2.00. The highest BCUT2D eigenvalue weighted by Gasteiger charge is 2.14. The van der Waals surface area contributed by atoms with Crippen molar-refractivity contribution >= 4 is 11.8 Å². The Labute approximate surface area is 119 Å². The molecule has 19 heavy (non-hydrogen) atoms. The van der Waals surface area contributed by atoms with Gasteiger partial charge in [-0.25, -0.2) is 0 Å². The van der Waals surface area contributed by atoms with Crippen LogP contribution in [0, 0.1) is 20.8 Å². The van der Waals surface area contributed by atoms with Crippen LogP contribution in [0.5, 0.6) is 0 Å². The lowest BCUT2D eigenvalue weighted by atomic mass is 10.2. The quantitative estimate of drug-likeness (QED) is 0.933. The van der Waals surface area contributed by atoms with Gasteiger partial charge in [-0.05, 0) is 45.4 Å². The molecule has 0 saturated carbocycles. The molecule has 0 radical (unpaired) electrons. The smallest absolute Gasteiger partial charge is 0.102 e. The van der Waals surface area contributed by atoms with Crippen molar-refractivity contribution in [2.24, 2.45) is 12.8 Å². The summed E-state index contributed by atoms with van der Waals surface area (Å²) < 4.78 is 1.96. The van der Waals surface area contributed by atoms with Crippen molar-refractivity contribution in [3.8, 4) is 0 Å². The van der Waals surface area contributed by atoms with Gasteiger partial charge in [0.1, 0.15) is 5.03 Å². The lowest BCUT2D eigenvalue weighted by molar-refractivity contribution is 0.688. The molecule has 3 nitrogen and oxygen atoms in total. The molecule has 4 heteroatoms. The van der Waals surface area contributed by atoms with E-state index in [9.17, 15) is 0 Å². The highest BCUT2D eigenvalue weighted by Crippen LogP contribution is 2.34. The first-order valence-electron chi connectivity index (χ1n) is 6.50. The molecule has 0 saturated heterocycles. The summed E-state index contributed by atoms with van der Waals surface area (Å²) in [6, 6.07) is 6.55. The van der Waals surface area contributed by atoms with Gasteiger partial charge < -0.3 is 5.73 Å². The molecule has 1 heterocycles. The van der Waals surface area contributed by atoms with E-state index < -0.39 is 0 Å². The second-order valence-electron chi connectivity index (χ2n) is 4.90. The summed E-state index contributed by atoms with van der Waals surface area (Å²) in [4.78, 5) is 1.28. The van der Waals surface area contributed by atoms with Crippen LogP contribution in [0.3, 0.4) is 0 Å². The Morgan fingerprint density at radius 1 is 1.26 bits per heavy atom. The highest BCUT2D eigenvalue weighted by molar-refractivity contribution is 7.99. The predicted molar refractivity (Wildman–Crippen MR) is 80.7 cm³/mol. The van der Waals surface area contributed by atoms with Crippen LogP contribution in [0.15, 0.2) is 28.1 Å². The molecule has 102 valence electrons. The molecule has 0 fully saturated rings. The molecule has 0 spiro atoms. The monoisotopic (exact) mass is 275 g/mol. The third-order valence-electron chi connectivity index (χ3n) is 3.22. The van der Waals surface area contributed by atoms with Crippen LogP contribution in [0.4, 0.5) is 0 Å². The maximum Gasteiger partial charge on any atom is 0.102 e. The number of nitrogens with two attached hydrogens (primary N) is 1. The number of benzene rings is 1. The van der Waals surface area contributed by atoms with Crippen LogP contribution in [-0.2, 0) is 13.5 Å². The average molecular weight is 275 g/mol. The van der Waals surface area contributed by atoms with E-state index in [0.29, 0.717) is 6.54 Å². The van der Waals surface area contributed by atoms with Crippen molar-refractivity contribution < 1.29 is 0 Å². The first-order valence-corrected chi connectivity index (χ1v) is 7.32. The van der Waals surface area contributed by atoms with Gasteiger partial charge in [0.05, 0.1) is 5.69 Å². The molecule has 0 aliphatic carbocycles. The van der Waals surface area contributed by atoms with Crippen LogP contribution in [-0.4, -0.2) is 16.3 Å². The zero-order chi connectivity index (χ0) is 14.0. The van der Waals surface area contributed by atoms with Gasteiger partial charge in [0.25, 0.3) is 0 Å². The predicted octanol–water partition coefficient (Wildman–Crippen LogP) is 3.00. The van der Waals surface area contributed by atoms with Crippen molar-refractivity contribution in [3.63, 3.8) is 0 Å². The Hall–Kier alpha value is -1.26. The van der Waals surface area contributed by atoms with Gasteiger partial charge in [0, 0.05) is 17.5 Å². The van der Waals surface area contributed by atoms with E-state index in [1.54, 1.807) is 11.8 Å². The van der Waals surface area contributed by atoms with Gasteiger partial charge in [0.15, 0.2) is 0 Å². The lowest BCUT2D eigenvalue weighted by Crippen LogP contribution is -2.04. The summed E-state index contributed by atoms with van der Waals surface area (Å²) in [6.45, 7) is 6.99. The van der Waals surface area contributed by atoms with E-state index in [2.05, 4.69) is 44.1 Å². The molecule has 1 aromatic carbocycles. The van der Waals surface area contributed by atoms with Gasteiger partial charge >= 0.3 is 0 Å². The molecule has 0 amide bonds. The van der Waals surface area contributed by atoms with Gasteiger partial charge in [-0.3, -0.25) is 4.68 Å². The minimum Gasteiger partial charge on any atom is -0.330 e. The van der Waals surface area contributed by atoms with E-state index in [-0.39, 0.29) is 0 Å². The zero-order valence-corrected chi connectivity index (χ0v) is 12.8. The number of aryl methyl sites for hydroxylation is 4. The zero-order valence-electron chi connectivity index (χ0n) is 12.0.